The van der Waals surface area contributed by atoms with Crippen molar-refractivity contribution < 1.29 is 19.0 Å². The summed E-state index contributed by atoms with van der Waals surface area (Å²) in [6.07, 6.45) is 5.56. The minimum absolute atomic E-state index is 0.303. The van der Waals surface area contributed by atoms with Gasteiger partial charge in [-0.3, -0.25) is 9.88 Å². The Balaban J connectivity index is 1.14. The van der Waals surface area contributed by atoms with Gasteiger partial charge in [0.05, 0.1) is 31.2 Å². The minimum Gasteiger partial charge on any atom is -0.495 e. The van der Waals surface area contributed by atoms with Gasteiger partial charge in [0, 0.05) is 17.3 Å². The molecule has 2 heterocycles. The number of carbonyl (C=O) groups is 1. The summed E-state index contributed by atoms with van der Waals surface area (Å²) < 4.78 is 17.3. The van der Waals surface area contributed by atoms with E-state index in [4.69, 9.17) is 14.2 Å². The van der Waals surface area contributed by atoms with Gasteiger partial charge in [0.1, 0.15) is 30.5 Å². The highest BCUT2D eigenvalue weighted by atomic mass is 16.5. The molecule has 1 aliphatic rings. The largest absolute Gasteiger partial charge is 0.495 e. The molecule has 0 spiro atoms. The topological polar surface area (TPSA) is 85.0 Å². The van der Waals surface area contributed by atoms with E-state index in [-0.39, 0.29) is 6.03 Å². The normalized spacial score (nSPS) is 13.5. The average molecular weight is 541 g/mol. The maximum Gasteiger partial charge on any atom is 0.319 e. The van der Waals surface area contributed by atoms with Crippen LogP contribution in [0.15, 0.2) is 79.0 Å². The van der Waals surface area contributed by atoms with E-state index in [1.54, 1.807) is 13.3 Å². The zero-order valence-electron chi connectivity index (χ0n) is 22.9. The number of pyridine rings is 1. The molecule has 208 valence electrons. The van der Waals surface area contributed by atoms with E-state index in [2.05, 4.69) is 20.5 Å². The third-order valence-corrected chi connectivity index (χ3v) is 7.04. The lowest BCUT2D eigenvalue weighted by molar-refractivity contribution is 0.183. The fraction of sp³-hybridized carbons (Fsp3) is 0.312. The van der Waals surface area contributed by atoms with Gasteiger partial charge in [-0.1, -0.05) is 42.8 Å². The molecule has 1 fully saturated rings. The summed E-state index contributed by atoms with van der Waals surface area (Å²) in [6, 6.07) is 23.0. The molecule has 0 unspecified atom stereocenters. The number of ether oxygens (including phenoxy) is 3. The number of hydrogen-bond donors (Lipinski definition) is 2. The molecular weight excluding hydrogens is 504 g/mol. The lowest BCUT2D eigenvalue weighted by Gasteiger charge is -2.26. The van der Waals surface area contributed by atoms with Gasteiger partial charge in [0.15, 0.2) is 0 Å². The molecule has 5 rings (SSSR count). The van der Waals surface area contributed by atoms with Crippen LogP contribution in [0.2, 0.25) is 0 Å². The first-order chi connectivity index (χ1) is 19.7. The Kier molecular flexibility index (Phi) is 9.32. The molecule has 1 aromatic heterocycles. The first kappa shape index (κ1) is 27.3. The Morgan fingerprint density at radius 1 is 0.875 bits per heavy atom. The van der Waals surface area contributed by atoms with Crippen molar-refractivity contribution >= 4 is 22.5 Å². The highest BCUT2D eigenvalue weighted by Crippen LogP contribution is 2.32. The summed E-state index contributed by atoms with van der Waals surface area (Å²) in [6.45, 7) is 4.78. The number of piperidine rings is 1. The predicted molar refractivity (Wildman–Crippen MR) is 157 cm³/mol. The van der Waals surface area contributed by atoms with E-state index in [9.17, 15) is 4.79 Å². The third kappa shape index (κ3) is 7.42. The number of methoxy groups -OCH3 is 1. The van der Waals surface area contributed by atoms with Gasteiger partial charge < -0.3 is 24.8 Å². The van der Waals surface area contributed by atoms with Crippen LogP contribution >= 0.6 is 0 Å². The maximum atomic E-state index is 12.6. The summed E-state index contributed by atoms with van der Waals surface area (Å²) in [7, 11) is 1.59. The van der Waals surface area contributed by atoms with Gasteiger partial charge in [-0.05, 0) is 67.9 Å². The van der Waals surface area contributed by atoms with Gasteiger partial charge in [0.2, 0.25) is 0 Å². The summed E-state index contributed by atoms with van der Waals surface area (Å²) >= 11 is 0. The number of benzene rings is 3. The minimum atomic E-state index is -0.310. The number of amides is 2. The monoisotopic (exact) mass is 540 g/mol. The highest BCUT2D eigenvalue weighted by molar-refractivity contribution is 6.03. The van der Waals surface area contributed by atoms with Crippen LogP contribution in [0.25, 0.3) is 10.8 Å². The van der Waals surface area contributed by atoms with Crippen molar-refractivity contribution in [3.8, 4) is 17.2 Å². The summed E-state index contributed by atoms with van der Waals surface area (Å²) in [5.41, 5.74) is 2.50. The predicted octanol–water partition coefficient (Wildman–Crippen LogP) is 6.01. The molecule has 8 heteroatoms. The fourth-order valence-corrected chi connectivity index (χ4v) is 4.80. The first-order valence-electron chi connectivity index (χ1n) is 13.8. The number of nitrogens with zero attached hydrogens (tertiary/aromatic N) is 2. The van der Waals surface area contributed by atoms with Gasteiger partial charge in [-0.2, -0.15) is 0 Å². The van der Waals surface area contributed by atoms with E-state index in [0.717, 1.165) is 40.1 Å². The smallest absolute Gasteiger partial charge is 0.319 e. The van der Waals surface area contributed by atoms with Crippen LogP contribution in [0.3, 0.4) is 0 Å². The van der Waals surface area contributed by atoms with E-state index in [1.807, 2.05) is 72.8 Å². The Hall–Kier alpha value is -4.30. The molecule has 1 aliphatic heterocycles. The second-order valence-corrected chi connectivity index (χ2v) is 9.84. The fourth-order valence-electron chi connectivity index (χ4n) is 4.80. The molecule has 4 aromatic rings. The molecular formula is C32H36N4O4. The summed E-state index contributed by atoms with van der Waals surface area (Å²) in [5.74, 6) is 2.31. The van der Waals surface area contributed by atoms with E-state index >= 15 is 0 Å². The van der Waals surface area contributed by atoms with Crippen LogP contribution < -0.4 is 24.8 Å². The molecule has 40 heavy (non-hydrogen) atoms. The Morgan fingerprint density at radius 3 is 2.40 bits per heavy atom. The van der Waals surface area contributed by atoms with Crippen LogP contribution in [0.1, 0.15) is 30.5 Å². The third-order valence-electron chi connectivity index (χ3n) is 7.04. The first-order valence-corrected chi connectivity index (χ1v) is 13.8. The lowest BCUT2D eigenvalue weighted by Crippen LogP contribution is -2.33. The van der Waals surface area contributed by atoms with Gasteiger partial charge in [-0.15, -0.1) is 0 Å². The standard InChI is InChI=1S/C32H36N4O4/c1-38-27-14-11-25(33-22-27)21-34-32(37)35-30-15-16-31(29-8-4-3-7-28(29)30)40-23-24-9-12-26(13-10-24)39-20-19-36-17-5-2-6-18-36/h3-4,7-16,22H,2,5-6,17-21,23H2,1H3,(H2,34,35,37). The van der Waals surface area contributed by atoms with E-state index < -0.39 is 0 Å². The van der Waals surface area contributed by atoms with Gasteiger partial charge >= 0.3 is 6.03 Å². The van der Waals surface area contributed by atoms with Crippen molar-refractivity contribution in [1.82, 2.24) is 15.2 Å². The van der Waals surface area contributed by atoms with Crippen molar-refractivity contribution in [2.75, 3.05) is 38.7 Å². The number of rotatable bonds is 11. The van der Waals surface area contributed by atoms with E-state index in [1.165, 1.54) is 32.4 Å². The SMILES string of the molecule is COc1ccc(CNC(=O)Nc2ccc(OCc3ccc(OCCN4CCCCC4)cc3)c3ccccc23)nc1. The van der Waals surface area contributed by atoms with Crippen molar-refractivity contribution in [2.24, 2.45) is 0 Å². The molecule has 0 radical (unpaired) electrons. The highest BCUT2D eigenvalue weighted by Gasteiger charge is 2.11. The number of carbonyl (C=O) groups excluding carboxylic acids is 1. The molecule has 8 nitrogen and oxygen atoms in total. The van der Waals surface area contributed by atoms with Crippen molar-refractivity contribution in [3.05, 3.63) is 90.3 Å². The molecule has 0 atom stereocenters. The second-order valence-electron chi connectivity index (χ2n) is 9.84. The van der Waals surface area contributed by atoms with Crippen LogP contribution in [-0.4, -0.2) is 49.3 Å². The average Bonchev–Trinajstić information content (AvgIpc) is 3.01. The Labute approximate surface area is 235 Å². The number of nitrogens with one attached hydrogen (secondary N) is 2. The molecule has 3 aromatic carbocycles. The number of likely N-dealkylation sites (tertiary alicyclic amines) is 1. The zero-order valence-corrected chi connectivity index (χ0v) is 22.9. The van der Waals surface area contributed by atoms with Crippen LogP contribution in [0.4, 0.5) is 10.5 Å². The molecule has 2 N–H and O–H groups in total. The number of anilines is 1. The van der Waals surface area contributed by atoms with Crippen molar-refractivity contribution in [3.63, 3.8) is 0 Å². The summed E-state index contributed by atoms with van der Waals surface area (Å²) in [5, 5.41) is 7.62. The van der Waals surface area contributed by atoms with Crippen LogP contribution in [0.5, 0.6) is 17.2 Å². The van der Waals surface area contributed by atoms with Crippen molar-refractivity contribution in [2.45, 2.75) is 32.4 Å². The molecule has 0 bridgehead atoms. The molecule has 0 aliphatic carbocycles. The summed E-state index contributed by atoms with van der Waals surface area (Å²) in [4.78, 5) is 19.4. The number of aromatic nitrogens is 1. The second kappa shape index (κ2) is 13.7. The van der Waals surface area contributed by atoms with Crippen molar-refractivity contribution in [1.29, 1.82) is 0 Å². The number of hydrogen-bond acceptors (Lipinski definition) is 6. The number of urea groups is 1. The van der Waals surface area contributed by atoms with E-state index in [0.29, 0.717) is 31.2 Å². The van der Waals surface area contributed by atoms with Gasteiger partial charge in [0.25, 0.3) is 0 Å². The van der Waals surface area contributed by atoms with Crippen LogP contribution in [0, 0.1) is 0 Å². The quantitative estimate of drug-likeness (QED) is 0.242. The lowest BCUT2D eigenvalue weighted by atomic mass is 10.1. The maximum absolute atomic E-state index is 12.6. The van der Waals surface area contributed by atoms with Crippen LogP contribution in [-0.2, 0) is 13.2 Å². The number of fused-ring (bicyclic) bond motifs is 1. The zero-order chi connectivity index (χ0) is 27.6. The molecule has 2 amide bonds. The molecule has 0 saturated carbocycles. The Morgan fingerprint density at radius 2 is 1.65 bits per heavy atom. The van der Waals surface area contributed by atoms with Gasteiger partial charge in [-0.25, -0.2) is 4.79 Å². The Bertz CT molecular complexity index is 1390. The molecule has 1 saturated heterocycles.